The zero-order chi connectivity index (χ0) is 14.7. The van der Waals surface area contributed by atoms with Gasteiger partial charge in [-0.2, -0.15) is 0 Å². The van der Waals surface area contributed by atoms with Gasteiger partial charge in [0, 0.05) is 11.6 Å². The summed E-state index contributed by atoms with van der Waals surface area (Å²) in [5.41, 5.74) is 1.27. The van der Waals surface area contributed by atoms with Crippen LogP contribution < -0.4 is 14.8 Å². The Balaban J connectivity index is 2.29. The largest absolute Gasteiger partial charge is 0.493 e. The van der Waals surface area contributed by atoms with Crippen LogP contribution in [0, 0.1) is 13.8 Å². The third-order valence-electron chi connectivity index (χ3n) is 2.84. The molecule has 2 aromatic rings. The molecule has 0 aliphatic rings. The van der Waals surface area contributed by atoms with Gasteiger partial charge in [0.25, 0.3) is 5.91 Å². The number of nitrogens with one attached hydrogen (secondary N) is 1. The second kappa shape index (κ2) is 5.64. The van der Waals surface area contributed by atoms with E-state index in [0.29, 0.717) is 28.6 Å². The van der Waals surface area contributed by atoms with Crippen LogP contribution in [0.25, 0.3) is 0 Å². The van der Waals surface area contributed by atoms with Crippen LogP contribution in [-0.2, 0) is 0 Å². The van der Waals surface area contributed by atoms with Crippen molar-refractivity contribution in [1.82, 2.24) is 5.16 Å². The highest BCUT2D eigenvalue weighted by molar-refractivity contribution is 6.05. The minimum Gasteiger partial charge on any atom is -0.493 e. The molecule has 0 saturated heterocycles. The molecule has 1 aromatic carbocycles. The molecule has 20 heavy (non-hydrogen) atoms. The molecule has 0 saturated carbocycles. The van der Waals surface area contributed by atoms with Gasteiger partial charge in [-0.1, -0.05) is 5.16 Å². The van der Waals surface area contributed by atoms with E-state index in [-0.39, 0.29) is 5.91 Å². The van der Waals surface area contributed by atoms with E-state index in [1.807, 2.05) is 6.92 Å². The molecule has 2 rings (SSSR count). The lowest BCUT2D eigenvalue weighted by atomic mass is 10.1. The van der Waals surface area contributed by atoms with Gasteiger partial charge in [0.05, 0.1) is 14.2 Å². The quantitative estimate of drug-likeness (QED) is 0.929. The van der Waals surface area contributed by atoms with Crippen LogP contribution in [0.5, 0.6) is 11.5 Å². The number of rotatable bonds is 4. The molecule has 1 aromatic heterocycles. The van der Waals surface area contributed by atoms with Crippen LogP contribution in [0.15, 0.2) is 22.7 Å². The molecule has 0 fully saturated rings. The molecule has 1 amide bonds. The summed E-state index contributed by atoms with van der Waals surface area (Å²) in [5.74, 6) is 1.81. The van der Waals surface area contributed by atoms with Gasteiger partial charge in [-0.3, -0.25) is 4.79 Å². The number of amides is 1. The summed E-state index contributed by atoms with van der Waals surface area (Å²) in [5, 5.41) is 6.39. The summed E-state index contributed by atoms with van der Waals surface area (Å²) in [7, 11) is 3.07. The second-order valence-electron chi connectivity index (χ2n) is 4.30. The number of methoxy groups -OCH3 is 2. The van der Waals surface area contributed by atoms with E-state index < -0.39 is 0 Å². The SMILES string of the molecule is COc1cc(C)c(C(=O)Nc2cc(C)on2)cc1OC. The Morgan fingerprint density at radius 3 is 2.35 bits per heavy atom. The number of carbonyl (C=O) groups excluding carboxylic acids is 1. The molecule has 0 aliphatic heterocycles. The van der Waals surface area contributed by atoms with Crippen LogP contribution in [0.3, 0.4) is 0 Å². The van der Waals surface area contributed by atoms with Crippen molar-refractivity contribution in [1.29, 1.82) is 0 Å². The Morgan fingerprint density at radius 1 is 1.15 bits per heavy atom. The summed E-state index contributed by atoms with van der Waals surface area (Å²) in [6.07, 6.45) is 0. The Kier molecular flexibility index (Phi) is 3.93. The van der Waals surface area contributed by atoms with E-state index in [1.165, 1.54) is 7.11 Å². The molecule has 1 N–H and O–H groups in total. The van der Waals surface area contributed by atoms with Crippen LogP contribution >= 0.6 is 0 Å². The molecule has 0 bridgehead atoms. The van der Waals surface area contributed by atoms with Gasteiger partial charge in [0.15, 0.2) is 17.3 Å². The van der Waals surface area contributed by atoms with Crippen molar-refractivity contribution in [2.24, 2.45) is 0 Å². The van der Waals surface area contributed by atoms with Crippen molar-refractivity contribution in [2.75, 3.05) is 19.5 Å². The van der Waals surface area contributed by atoms with Gasteiger partial charge in [0.1, 0.15) is 5.76 Å². The van der Waals surface area contributed by atoms with Gasteiger partial charge < -0.3 is 19.3 Å². The summed E-state index contributed by atoms with van der Waals surface area (Å²) in [4.78, 5) is 12.2. The molecule has 0 spiro atoms. The van der Waals surface area contributed by atoms with Gasteiger partial charge in [0.2, 0.25) is 0 Å². The predicted octanol–water partition coefficient (Wildman–Crippen LogP) is 2.56. The van der Waals surface area contributed by atoms with Crippen molar-refractivity contribution in [3.63, 3.8) is 0 Å². The maximum Gasteiger partial charge on any atom is 0.257 e. The first-order chi connectivity index (χ1) is 9.55. The number of hydrogen-bond donors (Lipinski definition) is 1. The molecule has 6 nitrogen and oxygen atoms in total. The zero-order valence-electron chi connectivity index (χ0n) is 11.8. The minimum absolute atomic E-state index is 0.281. The summed E-state index contributed by atoms with van der Waals surface area (Å²) >= 11 is 0. The van der Waals surface area contributed by atoms with Crippen LogP contribution in [0.1, 0.15) is 21.7 Å². The average Bonchev–Trinajstić information content (AvgIpc) is 2.83. The lowest BCUT2D eigenvalue weighted by Crippen LogP contribution is -2.14. The highest BCUT2D eigenvalue weighted by Crippen LogP contribution is 2.30. The maximum atomic E-state index is 12.2. The standard InChI is InChI=1S/C14H16N2O4/c1-8-5-11(18-3)12(19-4)7-10(8)14(17)15-13-6-9(2)20-16-13/h5-7H,1-4H3,(H,15,16,17). The number of nitrogens with zero attached hydrogens (tertiary/aromatic N) is 1. The van der Waals surface area contributed by atoms with E-state index in [4.69, 9.17) is 14.0 Å². The summed E-state index contributed by atoms with van der Waals surface area (Å²) in [6, 6.07) is 5.03. The van der Waals surface area contributed by atoms with Crippen molar-refractivity contribution in [3.8, 4) is 11.5 Å². The number of aryl methyl sites for hydroxylation is 2. The van der Waals surface area contributed by atoms with E-state index in [1.54, 1.807) is 32.2 Å². The first kappa shape index (κ1) is 13.9. The third-order valence-corrected chi connectivity index (χ3v) is 2.84. The average molecular weight is 276 g/mol. The van der Waals surface area contributed by atoms with Crippen LogP contribution in [0.4, 0.5) is 5.82 Å². The number of aromatic nitrogens is 1. The normalized spacial score (nSPS) is 10.2. The first-order valence-electron chi connectivity index (χ1n) is 6.02. The zero-order valence-corrected chi connectivity index (χ0v) is 11.8. The van der Waals surface area contributed by atoms with Gasteiger partial charge in [-0.25, -0.2) is 0 Å². The monoisotopic (exact) mass is 276 g/mol. The first-order valence-corrected chi connectivity index (χ1v) is 6.02. The molecular formula is C14H16N2O4. The smallest absolute Gasteiger partial charge is 0.257 e. The fourth-order valence-electron chi connectivity index (χ4n) is 1.83. The van der Waals surface area contributed by atoms with E-state index >= 15 is 0 Å². The summed E-state index contributed by atoms with van der Waals surface area (Å²) < 4.78 is 15.3. The minimum atomic E-state index is -0.281. The maximum absolute atomic E-state index is 12.2. The highest BCUT2D eigenvalue weighted by atomic mass is 16.5. The number of benzene rings is 1. The second-order valence-corrected chi connectivity index (χ2v) is 4.30. The fraction of sp³-hybridized carbons (Fsp3) is 0.286. The number of carbonyl (C=O) groups is 1. The van der Waals surface area contributed by atoms with Crippen LogP contribution in [-0.4, -0.2) is 25.3 Å². The van der Waals surface area contributed by atoms with Crippen molar-refractivity contribution < 1.29 is 18.8 Å². The topological polar surface area (TPSA) is 73.6 Å². The predicted molar refractivity (Wildman–Crippen MR) is 73.5 cm³/mol. The van der Waals surface area contributed by atoms with Crippen molar-refractivity contribution in [2.45, 2.75) is 13.8 Å². The van der Waals surface area contributed by atoms with Crippen LogP contribution in [0.2, 0.25) is 0 Å². The van der Waals surface area contributed by atoms with Gasteiger partial charge in [-0.15, -0.1) is 0 Å². The van der Waals surface area contributed by atoms with E-state index in [0.717, 1.165) is 5.56 Å². The molecule has 6 heteroatoms. The Labute approximate surface area is 116 Å². The number of hydrogen-bond acceptors (Lipinski definition) is 5. The molecule has 0 atom stereocenters. The van der Waals surface area contributed by atoms with E-state index in [2.05, 4.69) is 10.5 Å². The Bertz CT molecular complexity index is 634. The fourth-order valence-corrected chi connectivity index (χ4v) is 1.83. The van der Waals surface area contributed by atoms with Crippen molar-refractivity contribution >= 4 is 11.7 Å². The molecule has 0 unspecified atom stereocenters. The summed E-state index contributed by atoms with van der Waals surface area (Å²) in [6.45, 7) is 3.58. The lowest BCUT2D eigenvalue weighted by Gasteiger charge is -2.12. The highest BCUT2D eigenvalue weighted by Gasteiger charge is 2.15. The number of ether oxygens (including phenoxy) is 2. The molecule has 1 heterocycles. The van der Waals surface area contributed by atoms with Crippen molar-refractivity contribution in [3.05, 3.63) is 35.1 Å². The molecule has 106 valence electrons. The number of anilines is 1. The van der Waals surface area contributed by atoms with Gasteiger partial charge in [-0.05, 0) is 31.5 Å². The Morgan fingerprint density at radius 2 is 1.80 bits per heavy atom. The molecular weight excluding hydrogens is 260 g/mol. The molecule has 0 radical (unpaired) electrons. The molecule has 0 aliphatic carbocycles. The van der Waals surface area contributed by atoms with Gasteiger partial charge >= 0.3 is 0 Å². The lowest BCUT2D eigenvalue weighted by molar-refractivity contribution is 0.102. The van der Waals surface area contributed by atoms with E-state index in [9.17, 15) is 4.79 Å². The Hall–Kier alpha value is -2.50. The third kappa shape index (κ3) is 2.74.